The van der Waals surface area contributed by atoms with E-state index in [1.807, 2.05) is 46.8 Å². The van der Waals surface area contributed by atoms with Gasteiger partial charge < -0.3 is 25.9 Å². The first-order chi connectivity index (χ1) is 13.9. The normalized spacial score (nSPS) is 17.0. The quantitative estimate of drug-likeness (QED) is 0.419. The summed E-state index contributed by atoms with van der Waals surface area (Å²) in [6.07, 6.45) is 1.94. The second-order valence-corrected chi connectivity index (χ2v) is 9.50. The van der Waals surface area contributed by atoms with E-state index in [4.69, 9.17) is 26.8 Å². The minimum atomic E-state index is -0.586. The molecule has 0 radical (unpaired) electrons. The van der Waals surface area contributed by atoms with Crippen molar-refractivity contribution >= 4 is 22.0 Å². The van der Waals surface area contributed by atoms with Gasteiger partial charge in [0.05, 0.1) is 11.7 Å². The topological polar surface area (TPSA) is 120 Å². The van der Waals surface area contributed by atoms with Crippen LogP contribution in [-0.2, 0) is 11.2 Å². The first-order valence-corrected chi connectivity index (χ1v) is 10.9. The molecular formula is C21H34BrN5O3. The molecule has 1 amide bonds. The third-order valence-corrected chi connectivity index (χ3v) is 5.47. The van der Waals surface area contributed by atoms with Gasteiger partial charge >= 0.3 is 6.09 Å². The minimum Gasteiger partial charge on any atom is -0.487 e. The van der Waals surface area contributed by atoms with Crippen molar-refractivity contribution in [1.29, 1.82) is 0 Å². The zero-order valence-electron chi connectivity index (χ0n) is 18.4. The molecule has 1 aliphatic heterocycles. The summed E-state index contributed by atoms with van der Waals surface area (Å²) in [6, 6.07) is 3.56. The lowest BCUT2D eigenvalue weighted by molar-refractivity contribution is 0.0147. The van der Waals surface area contributed by atoms with Gasteiger partial charge in [-0.1, -0.05) is 15.9 Å². The molecule has 8 nitrogen and oxygen atoms in total. The molecule has 1 aromatic carbocycles. The predicted molar refractivity (Wildman–Crippen MR) is 122 cm³/mol. The molecular weight excluding hydrogens is 450 g/mol. The van der Waals surface area contributed by atoms with Gasteiger partial charge in [-0.15, -0.1) is 0 Å². The van der Waals surface area contributed by atoms with E-state index in [0.717, 1.165) is 15.6 Å². The number of nitrogens with two attached hydrogens (primary N) is 3. The number of rotatable bonds is 6. The number of hydrazine groups is 1. The lowest BCUT2D eigenvalue weighted by atomic mass is 9.92. The van der Waals surface area contributed by atoms with Crippen LogP contribution in [-0.4, -0.2) is 47.3 Å². The number of carbonyl (C=O) groups is 1. The summed E-state index contributed by atoms with van der Waals surface area (Å²) < 4.78 is 12.6. The number of carbonyl (C=O) groups excluding carboxylic acids is 1. The van der Waals surface area contributed by atoms with E-state index in [0.29, 0.717) is 24.4 Å². The average Bonchev–Trinajstić information content (AvgIpc) is 2.65. The summed E-state index contributed by atoms with van der Waals surface area (Å²) in [5, 5.41) is 1.53. The molecule has 0 fully saturated rings. The number of benzene rings is 1. The molecule has 1 atom stereocenters. The van der Waals surface area contributed by atoms with E-state index in [2.05, 4.69) is 15.9 Å². The first kappa shape index (κ1) is 24.3. The monoisotopic (exact) mass is 483 g/mol. The Labute approximate surface area is 187 Å². The highest BCUT2D eigenvalue weighted by Gasteiger charge is 2.35. The Morgan fingerprint density at radius 3 is 2.63 bits per heavy atom. The number of amides is 1. The fraction of sp³-hybridized carbons (Fsp3) is 0.571. The summed E-state index contributed by atoms with van der Waals surface area (Å²) in [4.78, 5) is 14.5. The van der Waals surface area contributed by atoms with Crippen molar-refractivity contribution in [2.45, 2.75) is 58.7 Å². The van der Waals surface area contributed by atoms with Gasteiger partial charge in [-0.05, 0) is 58.7 Å². The number of halogens is 1. The van der Waals surface area contributed by atoms with Crippen LogP contribution in [0.15, 0.2) is 28.5 Å². The maximum Gasteiger partial charge on any atom is 0.410 e. The van der Waals surface area contributed by atoms with Crippen molar-refractivity contribution in [3.8, 4) is 5.75 Å². The average molecular weight is 484 g/mol. The molecule has 0 unspecified atom stereocenters. The number of hydrogen-bond acceptors (Lipinski definition) is 7. The van der Waals surface area contributed by atoms with Gasteiger partial charge in [-0.2, -0.15) is 0 Å². The van der Waals surface area contributed by atoms with E-state index < -0.39 is 5.60 Å². The van der Waals surface area contributed by atoms with Crippen LogP contribution >= 0.6 is 15.9 Å². The van der Waals surface area contributed by atoms with Gasteiger partial charge in [0, 0.05) is 35.4 Å². The highest BCUT2D eigenvalue weighted by Crippen LogP contribution is 2.40. The Balaban J connectivity index is 2.31. The van der Waals surface area contributed by atoms with E-state index in [1.165, 1.54) is 5.01 Å². The summed E-state index contributed by atoms with van der Waals surface area (Å²) in [5.74, 6) is 6.54. The lowest BCUT2D eigenvalue weighted by Crippen LogP contribution is -2.45. The van der Waals surface area contributed by atoms with Crippen LogP contribution in [0.2, 0.25) is 0 Å². The molecule has 6 N–H and O–H groups in total. The molecule has 30 heavy (non-hydrogen) atoms. The Morgan fingerprint density at radius 1 is 1.40 bits per heavy atom. The molecule has 0 saturated carbocycles. The fourth-order valence-electron chi connectivity index (χ4n) is 3.23. The maximum atomic E-state index is 12.8. The van der Waals surface area contributed by atoms with Crippen LogP contribution in [0, 0.1) is 0 Å². The second kappa shape index (κ2) is 9.89. The molecule has 0 saturated heterocycles. The van der Waals surface area contributed by atoms with Gasteiger partial charge in [0.2, 0.25) is 0 Å². The van der Waals surface area contributed by atoms with Crippen LogP contribution in [0.3, 0.4) is 0 Å². The van der Waals surface area contributed by atoms with E-state index in [1.54, 1.807) is 11.1 Å². The predicted octanol–water partition coefficient (Wildman–Crippen LogP) is 3.01. The van der Waals surface area contributed by atoms with Crippen molar-refractivity contribution in [2.75, 3.05) is 19.7 Å². The van der Waals surface area contributed by atoms with Crippen LogP contribution in [0.25, 0.3) is 0 Å². The highest BCUT2D eigenvalue weighted by atomic mass is 79.9. The molecule has 1 heterocycles. The van der Waals surface area contributed by atoms with Crippen molar-refractivity contribution < 1.29 is 14.3 Å². The Hall–Kier alpha value is -1.97. The third-order valence-electron chi connectivity index (χ3n) is 4.73. The van der Waals surface area contributed by atoms with E-state index in [-0.39, 0.29) is 31.3 Å². The number of nitrogens with zero attached hydrogens (tertiary/aromatic N) is 2. The number of ether oxygens (including phenoxy) is 2. The number of hydrogen-bond donors (Lipinski definition) is 3. The maximum absolute atomic E-state index is 12.8. The molecule has 0 bridgehead atoms. The first-order valence-electron chi connectivity index (χ1n) is 10.1. The molecule has 0 spiro atoms. The standard InChI is InChI=1S/C21H34BrN5O3/c1-13(2)27(25)11-14(24)12-29-18-7-6-16(22)15-8-9-26(17(10-23)19(15)18)20(28)30-21(3,4)5/h6-7,11,13,17H,8-10,12,23-25H2,1-5H3/b14-11-/t17-/m1/s1. The van der Waals surface area contributed by atoms with Crippen LogP contribution in [0.5, 0.6) is 5.75 Å². The fourth-order valence-corrected chi connectivity index (χ4v) is 3.77. The van der Waals surface area contributed by atoms with Gasteiger partial charge in [-0.3, -0.25) is 4.90 Å². The molecule has 168 valence electrons. The second-order valence-electron chi connectivity index (χ2n) is 8.65. The molecule has 0 aromatic heterocycles. The minimum absolute atomic E-state index is 0.119. The number of fused-ring (bicyclic) bond motifs is 1. The van der Waals surface area contributed by atoms with Gasteiger partial charge in [-0.25, -0.2) is 10.6 Å². The molecule has 9 heteroatoms. The lowest BCUT2D eigenvalue weighted by Gasteiger charge is -2.38. The summed E-state index contributed by atoms with van der Waals surface area (Å²) in [6.45, 7) is 10.4. The molecule has 0 aliphatic carbocycles. The molecule has 1 aliphatic rings. The Morgan fingerprint density at radius 2 is 2.07 bits per heavy atom. The zero-order chi connectivity index (χ0) is 22.6. The Kier molecular flexibility index (Phi) is 8.01. The van der Waals surface area contributed by atoms with Crippen LogP contribution in [0.1, 0.15) is 51.8 Å². The Bertz CT molecular complexity index is 792. The largest absolute Gasteiger partial charge is 0.487 e. The van der Waals surface area contributed by atoms with Gasteiger partial charge in [0.25, 0.3) is 0 Å². The zero-order valence-corrected chi connectivity index (χ0v) is 20.0. The summed E-state index contributed by atoms with van der Waals surface area (Å²) >= 11 is 3.62. The van der Waals surface area contributed by atoms with E-state index >= 15 is 0 Å². The SMILES string of the molecule is CC(C)N(N)/C=C(\N)COc1ccc(Br)c2c1[C@@H](CN)N(C(=O)OC(C)(C)C)CC2. The summed E-state index contributed by atoms with van der Waals surface area (Å²) in [5.41, 5.74) is 14.0. The summed E-state index contributed by atoms with van der Waals surface area (Å²) in [7, 11) is 0. The highest BCUT2D eigenvalue weighted by molar-refractivity contribution is 9.10. The van der Waals surface area contributed by atoms with Crippen molar-refractivity contribution in [2.24, 2.45) is 17.3 Å². The van der Waals surface area contributed by atoms with Gasteiger partial charge in [0.15, 0.2) is 0 Å². The van der Waals surface area contributed by atoms with Crippen molar-refractivity contribution in [3.63, 3.8) is 0 Å². The smallest absolute Gasteiger partial charge is 0.410 e. The third kappa shape index (κ3) is 6.02. The van der Waals surface area contributed by atoms with Gasteiger partial charge in [0.1, 0.15) is 18.0 Å². The molecule has 1 aromatic rings. The van der Waals surface area contributed by atoms with Crippen LogP contribution in [0.4, 0.5) is 4.79 Å². The van der Waals surface area contributed by atoms with Crippen LogP contribution < -0.4 is 22.0 Å². The van der Waals surface area contributed by atoms with Crippen molar-refractivity contribution in [1.82, 2.24) is 9.91 Å². The van der Waals surface area contributed by atoms with Crippen molar-refractivity contribution in [3.05, 3.63) is 39.6 Å². The molecule has 2 rings (SSSR count). The van der Waals surface area contributed by atoms with E-state index in [9.17, 15) is 4.79 Å².